The summed E-state index contributed by atoms with van der Waals surface area (Å²) in [5.74, 6) is 0.700. The molecule has 94 valence electrons. The Morgan fingerprint density at radius 3 is 2.50 bits per heavy atom. The minimum absolute atomic E-state index is 0.268. The molecule has 0 aliphatic heterocycles. The Hall–Kier alpha value is -0.360. The first-order chi connectivity index (χ1) is 8.56. The molecule has 2 rings (SSSR count). The zero-order valence-electron chi connectivity index (χ0n) is 8.83. The van der Waals surface area contributed by atoms with Gasteiger partial charge in [-0.1, -0.05) is 29.3 Å². The minimum atomic E-state index is -0.271. The fourth-order valence-electron chi connectivity index (χ4n) is 1.20. The van der Waals surface area contributed by atoms with E-state index in [2.05, 4.69) is 25.9 Å². The SMILES string of the molecule is Fc1cccc(SCc2nc(Cl)c(Br)c(Cl)n2)c1. The van der Waals surface area contributed by atoms with E-state index in [0.29, 0.717) is 16.0 Å². The Bertz CT molecular complexity index is 560. The van der Waals surface area contributed by atoms with Gasteiger partial charge in [-0.3, -0.25) is 0 Å². The van der Waals surface area contributed by atoms with Crippen LogP contribution in [0.1, 0.15) is 5.82 Å². The fraction of sp³-hybridized carbons (Fsp3) is 0.0909. The van der Waals surface area contributed by atoms with Gasteiger partial charge in [0.05, 0.1) is 10.2 Å². The summed E-state index contributed by atoms with van der Waals surface area (Å²) in [5, 5.41) is 0.537. The highest BCUT2D eigenvalue weighted by atomic mass is 79.9. The van der Waals surface area contributed by atoms with Crippen molar-refractivity contribution >= 4 is 50.9 Å². The monoisotopic (exact) mass is 366 g/mol. The van der Waals surface area contributed by atoms with Crippen molar-refractivity contribution in [3.63, 3.8) is 0 Å². The highest BCUT2D eigenvalue weighted by Gasteiger charge is 2.09. The number of hydrogen-bond acceptors (Lipinski definition) is 3. The van der Waals surface area contributed by atoms with Crippen molar-refractivity contribution < 1.29 is 4.39 Å². The highest BCUT2D eigenvalue weighted by Crippen LogP contribution is 2.29. The van der Waals surface area contributed by atoms with Crippen LogP contribution in [0.2, 0.25) is 10.3 Å². The van der Waals surface area contributed by atoms with E-state index in [1.54, 1.807) is 6.07 Å². The molecule has 0 unspecified atom stereocenters. The van der Waals surface area contributed by atoms with Crippen molar-refractivity contribution in [3.05, 3.63) is 50.7 Å². The van der Waals surface area contributed by atoms with Gasteiger partial charge in [0.25, 0.3) is 0 Å². The van der Waals surface area contributed by atoms with E-state index in [-0.39, 0.29) is 16.1 Å². The maximum atomic E-state index is 13.0. The first kappa shape index (κ1) is 14.1. The second kappa shape index (κ2) is 6.19. The molecule has 7 heteroatoms. The van der Waals surface area contributed by atoms with Crippen LogP contribution in [0.15, 0.2) is 33.6 Å². The smallest absolute Gasteiger partial charge is 0.148 e. The minimum Gasteiger partial charge on any atom is -0.219 e. The largest absolute Gasteiger partial charge is 0.219 e. The summed E-state index contributed by atoms with van der Waals surface area (Å²) in [6, 6.07) is 6.32. The lowest BCUT2D eigenvalue weighted by Gasteiger charge is -2.04. The van der Waals surface area contributed by atoms with Gasteiger partial charge in [0.2, 0.25) is 0 Å². The molecule has 1 aromatic carbocycles. The topological polar surface area (TPSA) is 25.8 Å². The molecule has 18 heavy (non-hydrogen) atoms. The summed E-state index contributed by atoms with van der Waals surface area (Å²) in [5.41, 5.74) is 0. The predicted octanol–water partition coefficient (Wildman–Crippen LogP) is 4.98. The lowest BCUT2D eigenvalue weighted by atomic mass is 10.4. The summed E-state index contributed by atoms with van der Waals surface area (Å²) in [6.45, 7) is 0. The Balaban J connectivity index is 2.11. The summed E-state index contributed by atoms with van der Waals surface area (Å²) >= 11 is 16.3. The molecule has 0 amide bonds. The van der Waals surface area contributed by atoms with Crippen LogP contribution >= 0.6 is 50.9 Å². The summed E-state index contributed by atoms with van der Waals surface area (Å²) in [4.78, 5) is 8.96. The van der Waals surface area contributed by atoms with Crippen LogP contribution in [0.25, 0.3) is 0 Å². The number of halogens is 4. The molecule has 1 aromatic heterocycles. The highest BCUT2D eigenvalue weighted by molar-refractivity contribution is 9.10. The Kier molecular flexibility index (Phi) is 4.84. The van der Waals surface area contributed by atoms with Gasteiger partial charge < -0.3 is 0 Å². The van der Waals surface area contributed by atoms with E-state index in [1.807, 2.05) is 6.07 Å². The van der Waals surface area contributed by atoms with Crippen LogP contribution in [0, 0.1) is 5.82 Å². The molecule has 0 fully saturated rings. The molecule has 0 atom stereocenters. The third-order valence-corrected chi connectivity index (χ3v) is 4.73. The molecule has 0 saturated carbocycles. The van der Waals surface area contributed by atoms with Gasteiger partial charge in [0.15, 0.2) is 0 Å². The lowest BCUT2D eigenvalue weighted by Crippen LogP contribution is -1.95. The van der Waals surface area contributed by atoms with E-state index < -0.39 is 0 Å². The van der Waals surface area contributed by atoms with Gasteiger partial charge in [-0.25, -0.2) is 14.4 Å². The number of rotatable bonds is 3. The van der Waals surface area contributed by atoms with Crippen molar-refractivity contribution in [1.29, 1.82) is 0 Å². The van der Waals surface area contributed by atoms with Gasteiger partial charge in [-0.05, 0) is 34.1 Å². The van der Waals surface area contributed by atoms with Crippen molar-refractivity contribution in [2.24, 2.45) is 0 Å². The molecular formula is C11H6BrCl2FN2S. The van der Waals surface area contributed by atoms with Crippen molar-refractivity contribution in [2.45, 2.75) is 10.6 Å². The number of hydrogen-bond donors (Lipinski definition) is 0. The number of aromatic nitrogens is 2. The average molecular weight is 368 g/mol. The third-order valence-electron chi connectivity index (χ3n) is 1.98. The van der Waals surface area contributed by atoms with Crippen LogP contribution in [0.5, 0.6) is 0 Å². The quantitative estimate of drug-likeness (QED) is 0.565. The van der Waals surface area contributed by atoms with Crippen molar-refractivity contribution in [3.8, 4) is 0 Å². The van der Waals surface area contributed by atoms with E-state index in [9.17, 15) is 4.39 Å². The molecular weight excluding hydrogens is 362 g/mol. The zero-order valence-corrected chi connectivity index (χ0v) is 12.7. The van der Waals surface area contributed by atoms with E-state index in [0.717, 1.165) is 4.90 Å². The molecule has 0 aliphatic carbocycles. The molecule has 0 aliphatic rings. The van der Waals surface area contributed by atoms with Crippen molar-refractivity contribution in [1.82, 2.24) is 9.97 Å². The van der Waals surface area contributed by atoms with Gasteiger partial charge in [0.1, 0.15) is 21.9 Å². The molecule has 0 saturated heterocycles. The van der Waals surface area contributed by atoms with Crippen LogP contribution in [-0.2, 0) is 5.75 Å². The van der Waals surface area contributed by atoms with E-state index in [4.69, 9.17) is 23.2 Å². The van der Waals surface area contributed by atoms with E-state index in [1.165, 1.54) is 23.9 Å². The maximum absolute atomic E-state index is 13.0. The average Bonchev–Trinajstić information content (AvgIpc) is 2.33. The fourth-order valence-corrected chi connectivity index (χ4v) is 2.60. The van der Waals surface area contributed by atoms with Gasteiger partial charge in [0, 0.05) is 4.90 Å². The van der Waals surface area contributed by atoms with E-state index >= 15 is 0 Å². The van der Waals surface area contributed by atoms with Gasteiger partial charge >= 0.3 is 0 Å². The van der Waals surface area contributed by atoms with Gasteiger partial charge in [-0.2, -0.15) is 0 Å². The lowest BCUT2D eigenvalue weighted by molar-refractivity contribution is 0.624. The summed E-state index contributed by atoms with van der Waals surface area (Å²) in [6.07, 6.45) is 0. The maximum Gasteiger partial charge on any atom is 0.148 e. The summed E-state index contributed by atoms with van der Waals surface area (Å²) < 4.78 is 13.5. The van der Waals surface area contributed by atoms with Crippen LogP contribution in [-0.4, -0.2) is 9.97 Å². The van der Waals surface area contributed by atoms with Crippen LogP contribution < -0.4 is 0 Å². The molecule has 0 bridgehead atoms. The standard InChI is InChI=1S/C11H6BrCl2FN2S/c12-9-10(13)16-8(17-11(9)14)5-18-7-3-1-2-6(15)4-7/h1-4H,5H2. The molecule has 0 radical (unpaired) electrons. The molecule has 2 aromatic rings. The number of nitrogens with zero attached hydrogens (tertiary/aromatic N) is 2. The predicted molar refractivity (Wildman–Crippen MR) is 75.7 cm³/mol. The normalized spacial score (nSPS) is 10.7. The first-order valence-electron chi connectivity index (χ1n) is 4.82. The molecule has 0 N–H and O–H groups in total. The number of benzene rings is 1. The third kappa shape index (κ3) is 3.57. The first-order valence-corrected chi connectivity index (χ1v) is 7.35. The second-order valence-electron chi connectivity index (χ2n) is 3.28. The number of thioether (sulfide) groups is 1. The van der Waals surface area contributed by atoms with Gasteiger partial charge in [-0.15, -0.1) is 11.8 Å². The molecule has 1 heterocycles. The van der Waals surface area contributed by atoms with Crippen LogP contribution in [0.4, 0.5) is 4.39 Å². The Morgan fingerprint density at radius 2 is 1.89 bits per heavy atom. The summed E-state index contributed by atoms with van der Waals surface area (Å²) in [7, 11) is 0. The molecule has 0 spiro atoms. The molecule has 2 nitrogen and oxygen atoms in total. The van der Waals surface area contributed by atoms with Crippen LogP contribution in [0.3, 0.4) is 0 Å². The Morgan fingerprint density at radius 1 is 1.22 bits per heavy atom. The Labute approximate surface area is 126 Å². The van der Waals surface area contributed by atoms with Crippen molar-refractivity contribution in [2.75, 3.05) is 0 Å². The zero-order chi connectivity index (χ0) is 13.1. The second-order valence-corrected chi connectivity index (χ2v) is 5.84.